The summed E-state index contributed by atoms with van der Waals surface area (Å²) in [4.78, 5) is 12.7. The van der Waals surface area contributed by atoms with Crippen molar-refractivity contribution in [1.82, 2.24) is 9.73 Å². The standard InChI is InChI=1S/C23H26BrN3O5S/c1-3-14-32-21-9-4-17(15-22(21)31-2)16-25-26-23(28)18-10-12-27(13-11-18)33(29,30)20-7-5-19(24)6-8-20/h3-9,15-16,18H,1,10-14H2,2H3,(H,26,28)/b25-16-. The molecule has 1 saturated heterocycles. The van der Waals surface area contributed by atoms with E-state index in [-0.39, 0.29) is 29.8 Å². The quantitative estimate of drug-likeness (QED) is 0.300. The zero-order chi connectivity index (χ0) is 23.8. The van der Waals surface area contributed by atoms with Crippen LogP contribution in [0.25, 0.3) is 0 Å². The van der Waals surface area contributed by atoms with Crippen LogP contribution in [0.4, 0.5) is 0 Å². The van der Waals surface area contributed by atoms with Gasteiger partial charge in [-0.2, -0.15) is 9.41 Å². The second-order valence-electron chi connectivity index (χ2n) is 7.38. The van der Waals surface area contributed by atoms with E-state index in [0.717, 1.165) is 10.0 Å². The molecular weight excluding hydrogens is 510 g/mol. The van der Waals surface area contributed by atoms with Crippen molar-refractivity contribution in [3.63, 3.8) is 0 Å². The molecule has 1 heterocycles. The normalized spacial score (nSPS) is 15.3. The number of hydrazone groups is 1. The van der Waals surface area contributed by atoms with E-state index in [0.29, 0.717) is 30.9 Å². The number of benzene rings is 2. The molecule has 8 nitrogen and oxygen atoms in total. The summed E-state index contributed by atoms with van der Waals surface area (Å²) < 4.78 is 38.7. The van der Waals surface area contributed by atoms with Gasteiger partial charge in [-0.05, 0) is 60.9 Å². The molecule has 0 aromatic heterocycles. The van der Waals surface area contributed by atoms with Crippen molar-refractivity contribution in [3.8, 4) is 11.5 Å². The van der Waals surface area contributed by atoms with Crippen molar-refractivity contribution < 1.29 is 22.7 Å². The molecule has 33 heavy (non-hydrogen) atoms. The van der Waals surface area contributed by atoms with Gasteiger partial charge in [0.1, 0.15) is 6.61 Å². The number of rotatable bonds is 9. The van der Waals surface area contributed by atoms with Crippen LogP contribution >= 0.6 is 15.9 Å². The minimum Gasteiger partial charge on any atom is -0.493 e. The minimum atomic E-state index is -3.57. The molecule has 0 spiro atoms. The second-order valence-corrected chi connectivity index (χ2v) is 10.2. The van der Waals surface area contributed by atoms with Gasteiger partial charge in [-0.1, -0.05) is 28.6 Å². The van der Waals surface area contributed by atoms with E-state index < -0.39 is 10.0 Å². The fourth-order valence-corrected chi connectivity index (χ4v) is 5.14. The Hall–Kier alpha value is -2.69. The van der Waals surface area contributed by atoms with Gasteiger partial charge in [-0.3, -0.25) is 4.79 Å². The average Bonchev–Trinajstić information content (AvgIpc) is 2.83. The Labute approximate surface area is 202 Å². The Bertz CT molecular complexity index is 1110. The summed E-state index contributed by atoms with van der Waals surface area (Å²) >= 11 is 3.31. The third-order valence-corrected chi connectivity index (χ3v) is 7.65. The molecule has 0 radical (unpaired) electrons. The van der Waals surface area contributed by atoms with Gasteiger partial charge in [0.05, 0.1) is 18.2 Å². The third-order valence-electron chi connectivity index (χ3n) is 5.21. The first kappa shape index (κ1) is 24.9. The molecule has 3 rings (SSSR count). The molecule has 0 atom stereocenters. The number of methoxy groups -OCH3 is 1. The lowest BCUT2D eigenvalue weighted by molar-refractivity contribution is -0.126. The molecule has 1 fully saturated rings. The van der Waals surface area contributed by atoms with Gasteiger partial charge < -0.3 is 9.47 Å². The molecule has 1 aliphatic rings. The molecular formula is C23H26BrN3O5S. The molecule has 176 valence electrons. The largest absolute Gasteiger partial charge is 0.493 e. The number of ether oxygens (including phenoxy) is 2. The van der Waals surface area contributed by atoms with E-state index in [1.807, 2.05) is 0 Å². The molecule has 1 aliphatic heterocycles. The Balaban J connectivity index is 1.53. The lowest BCUT2D eigenvalue weighted by Crippen LogP contribution is -2.42. The van der Waals surface area contributed by atoms with E-state index in [9.17, 15) is 13.2 Å². The van der Waals surface area contributed by atoms with E-state index in [2.05, 4.69) is 33.0 Å². The van der Waals surface area contributed by atoms with Crippen molar-refractivity contribution in [2.45, 2.75) is 17.7 Å². The number of nitrogens with one attached hydrogen (secondary N) is 1. The molecule has 0 saturated carbocycles. The van der Waals surface area contributed by atoms with E-state index >= 15 is 0 Å². The van der Waals surface area contributed by atoms with Gasteiger partial charge in [0.2, 0.25) is 15.9 Å². The van der Waals surface area contributed by atoms with Crippen LogP contribution in [0.2, 0.25) is 0 Å². The highest BCUT2D eigenvalue weighted by molar-refractivity contribution is 9.10. The van der Waals surface area contributed by atoms with Crippen molar-refractivity contribution >= 4 is 38.1 Å². The van der Waals surface area contributed by atoms with Crippen LogP contribution in [0.1, 0.15) is 18.4 Å². The number of nitrogens with zero attached hydrogens (tertiary/aromatic N) is 2. The van der Waals surface area contributed by atoms with E-state index in [4.69, 9.17) is 9.47 Å². The SMILES string of the molecule is C=CCOc1ccc(/C=N\NC(=O)C2CCN(S(=O)(=O)c3ccc(Br)cc3)CC2)cc1OC. The highest BCUT2D eigenvalue weighted by atomic mass is 79.9. The first-order chi connectivity index (χ1) is 15.8. The molecule has 2 aromatic carbocycles. The van der Waals surface area contributed by atoms with Crippen LogP contribution in [-0.4, -0.2) is 51.7 Å². The van der Waals surface area contributed by atoms with Crippen molar-refractivity contribution in [2.24, 2.45) is 11.0 Å². The Morgan fingerprint density at radius 3 is 2.55 bits per heavy atom. The van der Waals surface area contributed by atoms with Crippen LogP contribution < -0.4 is 14.9 Å². The Morgan fingerprint density at radius 2 is 1.91 bits per heavy atom. The van der Waals surface area contributed by atoms with Gasteiger partial charge in [0.25, 0.3) is 0 Å². The Kier molecular flexibility index (Phi) is 8.65. The molecule has 2 aromatic rings. The summed E-state index contributed by atoms with van der Waals surface area (Å²) in [6.07, 6.45) is 4.02. The lowest BCUT2D eigenvalue weighted by Gasteiger charge is -2.30. The fourth-order valence-electron chi connectivity index (χ4n) is 3.41. The van der Waals surface area contributed by atoms with Crippen molar-refractivity contribution in [1.29, 1.82) is 0 Å². The summed E-state index contributed by atoms with van der Waals surface area (Å²) in [5.74, 6) is 0.600. The zero-order valence-electron chi connectivity index (χ0n) is 18.2. The van der Waals surface area contributed by atoms with E-state index in [1.165, 1.54) is 10.5 Å². The van der Waals surface area contributed by atoms with Crippen LogP contribution in [0.5, 0.6) is 11.5 Å². The highest BCUT2D eigenvalue weighted by Crippen LogP contribution is 2.28. The van der Waals surface area contributed by atoms with Crippen molar-refractivity contribution in [2.75, 3.05) is 26.8 Å². The summed E-state index contributed by atoms with van der Waals surface area (Å²) in [6.45, 7) is 4.54. The molecule has 0 bridgehead atoms. The summed E-state index contributed by atoms with van der Waals surface area (Å²) in [5.41, 5.74) is 3.28. The second kappa shape index (κ2) is 11.4. The number of carbonyl (C=O) groups excluding carboxylic acids is 1. The number of hydrogen-bond acceptors (Lipinski definition) is 6. The molecule has 0 unspecified atom stereocenters. The van der Waals surface area contributed by atoms with Gasteiger partial charge in [0, 0.05) is 23.5 Å². The monoisotopic (exact) mass is 535 g/mol. The van der Waals surface area contributed by atoms with Crippen molar-refractivity contribution in [3.05, 3.63) is 65.2 Å². The molecule has 0 aliphatic carbocycles. The fraction of sp³-hybridized carbons (Fsp3) is 0.304. The number of amides is 1. The van der Waals surface area contributed by atoms with Crippen LogP contribution in [0, 0.1) is 5.92 Å². The number of halogens is 1. The average molecular weight is 536 g/mol. The number of hydrogen-bond donors (Lipinski definition) is 1. The minimum absolute atomic E-state index is 0.232. The van der Waals surface area contributed by atoms with Crippen LogP contribution in [0.15, 0.2) is 69.6 Å². The predicted octanol–water partition coefficient (Wildman–Crippen LogP) is 3.57. The maximum absolute atomic E-state index is 12.8. The smallest absolute Gasteiger partial charge is 0.243 e. The maximum atomic E-state index is 12.8. The first-order valence-electron chi connectivity index (χ1n) is 10.4. The number of sulfonamides is 1. The summed E-state index contributed by atoms with van der Waals surface area (Å²) in [6, 6.07) is 11.8. The first-order valence-corrected chi connectivity index (χ1v) is 12.6. The van der Waals surface area contributed by atoms with Crippen LogP contribution in [0.3, 0.4) is 0 Å². The zero-order valence-corrected chi connectivity index (χ0v) is 20.6. The van der Waals surface area contributed by atoms with Gasteiger partial charge in [-0.25, -0.2) is 13.8 Å². The number of carbonyl (C=O) groups is 1. The molecule has 10 heteroatoms. The van der Waals surface area contributed by atoms with Gasteiger partial charge in [0.15, 0.2) is 11.5 Å². The third kappa shape index (κ3) is 6.43. The molecule has 1 amide bonds. The van der Waals surface area contributed by atoms with Gasteiger partial charge in [-0.15, -0.1) is 0 Å². The maximum Gasteiger partial charge on any atom is 0.243 e. The van der Waals surface area contributed by atoms with Gasteiger partial charge >= 0.3 is 0 Å². The molecule has 1 N–H and O–H groups in total. The van der Waals surface area contributed by atoms with Crippen LogP contribution in [-0.2, 0) is 14.8 Å². The topological polar surface area (TPSA) is 97.3 Å². The van der Waals surface area contributed by atoms with E-state index in [1.54, 1.807) is 55.7 Å². The highest BCUT2D eigenvalue weighted by Gasteiger charge is 2.32. The summed E-state index contributed by atoms with van der Waals surface area (Å²) in [5, 5.41) is 4.03. The number of piperidine rings is 1. The Morgan fingerprint density at radius 1 is 1.21 bits per heavy atom. The lowest BCUT2D eigenvalue weighted by atomic mass is 9.98. The predicted molar refractivity (Wildman–Crippen MR) is 130 cm³/mol. The summed E-state index contributed by atoms with van der Waals surface area (Å²) in [7, 11) is -2.03.